The maximum atomic E-state index is 14.1. The zero-order valence-electron chi connectivity index (χ0n) is 23.7. The molecule has 0 saturated heterocycles. The molecule has 0 saturated carbocycles. The molecule has 0 bridgehead atoms. The molecule has 1 N–H and O–H groups in total. The van der Waals surface area contributed by atoms with Gasteiger partial charge in [-0.05, 0) is 48.6 Å². The zero-order chi connectivity index (χ0) is 29.4. The molecule has 0 aliphatic rings. The summed E-state index contributed by atoms with van der Waals surface area (Å²) in [5, 5.41) is 3.38. The van der Waals surface area contributed by atoms with E-state index < -0.39 is 28.5 Å². The lowest BCUT2D eigenvalue weighted by Gasteiger charge is -2.33. The van der Waals surface area contributed by atoms with Gasteiger partial charge in [-0.25, -0.2) is 8.42 Å². The predicted molar refractivity (Wildman–Crippen MR) is 162 cm³/mol. The summed E-state index contributed by atoms with van der Waals surface area (Å²) in [6.45, 7) is 7.88. The molecule has 0 spiro atoms. The highest BCUT2D eigenvalue weighted by molar-refractivity contribution is 7.92. The summed E-state index contributed by atoms with van der Waals surface area (Å²) in [7, 11) is -3.86. The largest absolute Gasteiger partial charge is 0.354 e. The van der Waals surface area contributed by atoms with E-state index in [1.165, 1.54) is 11.0 Å². The molecular formula is C31H38ClN3O4S. The SMILES string of the molecule is Cc1cccc(CN(C(=O)CN(c2ccc(C)c(Cl)c2)S(C)(=O)=O)[C@@H](Cc2ccccc2)C(=O)NCC(C)C)c1. The normalized spacial score (nSPS) is 12.2. The van der Waals surface area contributed by atoms with E-state index in [9.17, 15) is 18.0 Å². The third-order valence-electron chi connectivity index (χ3n) is 6.51. The van der Waals surface area contributed by atoms with E-state index in [1.54, 1.807) is 12.1 Å². The standard InChI is InChI=1S/C31H38ClN3O4S/c1-22(2)19-33-31(37)29(17-25-11-7-6-8-12-25)34(20-26-13-9-10-23(3)16-26)30(36)21-35(40(5,38)39)27-15-14-24(4)28(32)18-27/h6-16,18,22,29H,17,19-21H2,1-5H3,(H,33,37)/t29-/m0/s1. The van der Waals surface area contributed by atoms with Crippen molar-refractivity contribution in [2.24, 2.45) is 5.92 Å². The smallest absolute Gasteiger partial charge is 0.244 e. The number of carbonyl (C=O) groups is 2. The monoisotopic (exact) mass is 583 g/mol. The molecule has 0 aliphatic carbocycles. The van der Waals surface area contributed by atoms with Crippen LogP contribution < -0.4 is 9.62 Å². The van der Waals surface area contributed by atoms with E-state index in [4.69, 9.17) is 11.6 Å². The Balaban J connectivity index is 2.06. The topological polar surface area (TPSA) is 86.8 Å². The summed E-state index contributed by atoms with van der Waals surface area (Å²) in [6, 6.07) is 21.2. The number of hydrogen-bond donors (Lipinski definition) is 1. The first kappa shape index (κ1) is 31.2. The van der Waals surface area contributed by atoms with E-state index in [2.05, 4.69) is 5.32 Å². The van der Waals surface area contributed by atoms with Crippen molar-refractivity contribution in [2.45, 2.75) is 46.7 Å². The number of sulfonamides is 1. The van der Waals surface area contributed by atoms with Gasteiger partial charge in [0, 0.05) is 24.5 Å². The maximum Gasteiger partial charge on any atom is 0.244 e. The van der Waals surface area contributed by atoms with E-state index >= 15 is 0 Å². The predicted octanol–water partition coefficient (Wildman–Crippen LogP) is 5.14. The van der Waals surface area contributed by atoms with Crippen LogP contribution in [0.3, 0.4) is 0 Å². The summed E-state index contributed by atoms with van der Waals surface area (Å²) in [5.41, 5.74) is 3.81. The number of amides is 2. The Labute approximate surface area is 243 Å². The second-order valence-corrected chi connectivity index (χ2v) is 12.9. The molecule has 0 fully saturated rings. The van der Waals surface area contributed by atoms with Crippen LogP contribution in [0.15, 0.2) is 72.8 Å². The zero-order valence-corrected chi connectivity index (χ0v) is 25.3. The fraction of sp³-hybridized carbons (Fsp3) is 0.355. The maximum absolute atomic E-state index is 14.1. The van der Waals surface area contributed by atoms with Crippen molar-refractivity contribution in [2.75, 3.05) is 23.7 Å². The van der Waals surface area contributed by atoms with Crippen molar-refractivity contribution in [3.05, 3.63) is 100 Å². The number of rotatable bonds is 12. The van der Waals surface area contributed by atoms with Gasteiger partial charge in [-0.2, -0.15) is 0 Å². The van der Waals surface area contributed by atoms with Gasteiger partial charge in [-0.15, -0.1) is 0 Å². The van der Waals surface area contributed by atoms with Crippen molar-refractivity contribution < 1.29 is 18.0 Å². The van der Waals surface area contributed by atoms with Crippen LogP contribution in [0.4, 0.5) is 5.69 Å². The number of anilines is 1. The lowest BCUT2D eigenvalue weighted by Crippen LogP contribution is -2.53. The first-order chi connectivity index (χ1) is 18.8. The van der Waals surface area contributed by atoms with E-state index in [1.807, 2.05) is 82.3 Å². The van der Waals surface area contributed by atoms with Crippen LogP contribution in [0.25, 0.3) is 0 Å². The fourth-order valence-corrected chi connectivity index (χ4v) is 5.35. The number of benzene rings is 3. The van der Waals surface area contributed by atoms with Crippen LogP contribution in [0.5, 0.6) is 0 Å². The highest BCUT2D eigenvalue weighted by atomic mass is 35.5. The van der Waals surface area contributed by atoms with Crippen molar-refractivity contribution in [1.82, 2.24) is 10.2 Å². The molecule has 3 rings (SSSR count). The number of carbonyl (C=O) groups excluding carboxylic acids is 2. The molecule has 1 atom stereocenters. The highest BCUT2D eigenvalue weighted by Crippen LogP contribution is 2.26. The molecule has 0 radical (unpaired) electrons. The number of nitrogens with one attached hydrogen (secondary N) is 1. The molecule has 2 amide bonds. The Morgan fingerprint density at radius 2 is 1.60 bits per heavy atom. The van der Waals surface area contributed by atoms with E-state index in [0.717, 1.165) is 32.8 Å². The van der Waals surface area contributed by atoms with Crippen LogP contribution in [0.1, 0.15) is 36.1 Å². The molecule has 7 nitrogen and oxygen atoms in total. The first-order valence-corrected chi connectivity index (χ1v) is 15.5. The number of nitrogens with zero attached hydrogens (tertiary/aromatic N) is 2. The van der Waals surface area contributed by atoms with Gasteiger partial charge in [0.2, 0.25) is 21.8 Å². The summed E-state index contributed by atoms with van der Waals surface area (Å²) < 4.78 is 26.8. The Morgan fingerprint density at radius 1 is 0.925 bits per heavy atom. The Kier molecular flexibility index (Phi) is 10.8. The lowest BCUT2D eigenvalue weighted by molar-refractivity contribution is -0.140. The first-order valence-electron chi connectivity index (χ1n) is 13.3. The van der Waals surface area contributed by atoms with E-state index in [0.29, 0.717) is 11.6 Å². The molecule has 0 unspecified atom stereocenters. The van der Waals surface area contributed by atoms with Crippen molar-refractivity contribution >= 4 is 39.1 Å². The third-order valence-corrected chi connectivity index (χ3v) is 8.06. The van der Waals surface area contributed by atoms with Gasteiger partial charge >= 0.3 is 0 Å². The van der Waals surface area contributed by atoms with Crippen LogP contribution in [0, 0.1) is 19.8 Å². The van der Waals surface area contributed by atoms with Gasteiger partial charge in [0.15, 0.2) is 0 Å². The minimum absolute atomic E-state index is 0.138. The van der Waals surface area contributed by atoms with Gasteiger partial charge < -0.3 is 10.2 Å². The van der Waals surface area contributed by atoms with Crippen LogP contribution >= 0.6 is 11.6 Å². The highest BCUT2D eigenvalue weighted by Gasteiger charge is 2.33. The Bertz CT molecular complexity index is 1430. The van der Waals surface area contributed by atoms with Crippen molar-refractivity contribution in [3.8, 4) is 0 Å². The summed E-state index contributed by atoms with van der Waals surface area (Å²) in [6.07, 6.45) is 1.33. The fourth-order valence-electron chi connectivity index (χ4n) is 4.33. The van der Waals surface area contributed by atoms with Gasteiger partial charge in [0.1, 0.15) is 12.6 Å². The van der Waals surface area contributed by atoms with Crippen LogP contribution in [0.2, 0.25) is 5.02 Å². The second-order valence-electron chi connectivity index (χ2n) is 10.6. The Hall–Kier alpha value is -3.36. The minimum atomic E-state index is -3.86. The summed E-state index contributed by atoms with van der Waals surface area (Å²) in [5.74, 6) is -0.568. The summed E-state index contributed by atoms with van der Waals surface area (Å²) in [4.78, 5) is 29.2. The average Bonchev–Trinajstić information content (AvgIpc) is 2.89. The number of aryl methyl sites for hydroxylation is 2. The number of hydrogen-bond acceptors (Lipinski definition) is 4. The molecular weight excluding hydrogens is 546 g/mol. The average molecular weight is 584 g/mol. The molecule has 3 aromatic rings. The lowest BCUT2D eigenvalue weighted by atomic mass is 10.0. The molecule has 3 aromatic carbocycles. The molecule has 0 aromatic heterocycles. The van der Waals surface area contributed by atoms with Gasteiger partial charge in [0.05, 0.1) is 11.9 Å². The Morgan fingerprint density at radius 3 is 2.20 bits per heavy atom. The van der Waals surface area contributed by atoms with Gasteiger partial charge in [-0.1, -0.05) is 91.7 Å². The van der Waals surface area contributed by atoms with E-state index in [-0.39, 0.29) is 30.5 Å². The quantitative estimate of drug-likeness (QED) is 0.320. The summed E-state index contributed by atoms with van der Waals surface area (Å²) >= 11 is 6.30. The van der Waals surface area contributed by atoms with Gasteiger partial charge in [0.25, 0.3) is 0 Å². The van der Waals surface area contributed by atoms with Crippen molar-refractivity contribution in [3.63, 3.8) is 0 Å². The molecule has 9 heteroatoms. The van der Waals surface area contributed by atoms with Crippen LogP contribution in [-0.4, -0.2) is 50.5 Å². The second kappa shape index (κ2) is 13.8. The minimum Gasteiger partial charge on any atom is -0.354 e. The molecule has 0 heterocycles. The molecule has 0 aliphatic heterocycles. The third kappa shape index (κ3) is 8.83. The van der Waals surface area contributed by atoms with Crippen LogP contribution in [-0.2, 0) is 32.6 Å². The van der Waals surface area contributed by atoms with Gasteiger partial charge in [-0.3, -0.25) is 13.9 Å². The van der Waals surface area contributed by atoms with Crippen molar-refractivity contribution in [1.29, 1.82) is 0 Å². The molecule has 40 heavy (non-hydrogen) atoms. The number of halogens is 1. The molecule has 214 valence electrons.